The fourth-order valence-electron chi connectivity index (χ4n) is 1.40. The summed E-state index contributed by atoms with van der Waals surface area (Å²) < 4.78 is 26.9. The lowest BCUT2D eigenvalue weighted by Gasteiger charge is -2.23. The predicted molar refractivity (Wildman–Crippen MR) is 83.8 cm³/mol. The largest absolute Gasteiger partial charge is 0.240 e. The van der Waals surface area contributed by atoms with Gasteiger partial charge in [0.1, 0.15) is 0 Å². The third-order valence-corrected chi connectivity index (χ3v) is 4.87. The Labute approximate surface area is 132 Å². The molecule has 0 aliphatic rings. The van der Waals surface area contributed by atoms with Crippen molar-refractivity contribution in [2.45, 2.75) is 25.2 Å². The van der Waals surface area contributed by atoms with E-state index in [4.69, 9.17) is 23.2 Å². The molecule has 0 spiro atoms. The summed E-state index contributed by atoms with van der Waals surface area (Å²) in [5.74, 6) is 0. The van der Waals surface area contributed by atoms with Crippen LogP contribution in [0.2, 0.25) is 10.0 Å². The molecular weight excluding hydrogens is 373 g/mol. The molecule has 108 valence electrons. The maximum absolute atomic E-state index is 12.1. The second-order valence-corrected chi connectivity index (χ2v) is 8.47. The van der Waals surface area contributed by atoms with Gasteiger partial charge in [-0.25, -0.2) is 13.1 Å². The van der Waals surface area contributed by atoms with Crippen LogP contribution in [0.1, 0.15) is 20.3 Å². The first-order chi connectivity index (χ1) is 8.66. The molecule has 0 atom stereocenters. The van der Waals surface area contributed by atoms with Crippen molar-refractivity contribution < 1.29 is 8.42 Å². The van der Waals surface area contributed by atoms with Crippen LogP contribution in [0.25, 0.3) is 0 Å². The molecule has 19 heavy (non-hydrogen) atoms. The molecule has 0 fully saturated rings. The normalized spacial score (nSPS) is 12.7. The van der Waals surface area contributed by atoms with E-state index >= 15 is 0 Å². The zero-order chi connectivity index (χ0) is 14.7. The highest BCUT2D eigenvalue weighted by Crippen LogP contribution is 2.24. The van der Waals surface area contributed by atoms with Crippen LogP contribution in [0.5, 0.6) is 0 Å². The lowest BCUT2D eigenvalue weighted by molar-refractivity contribution is 0.354. The molecule has 0 aliphatic heterocycles. The Morgan fingerprint density at radius 2 is 1.74 bits per heavy atom. The molecular formula is C12H16BrCl2NO2S. The predicted octanol–water partition coefficient (Wildman–Crippen LogP) is 4.08. The van der Waals surface area contributed by atoms with Gasteiger partial charge in [0.15, 0.2) is 0 Å². The van der Waals surface area contributed by atoms with Crippen molar-refractivity contribution >= 4 is 49.2 Å². The van der Waals surface area contributed by atoms with Gasteiger partial charge < -0.3 is 0 Å². The van der Waals surface area contributed by atoms with Crippen molar-refractivity contribution in [1.82, 2.24) is 4.72 Å². The molecule has 3 nitrogen and oxygen atoms in total. The first-order valence-corrected chi connectivity index (χ1v) is 9.04. The average Bonchev–Trinajstić information content (AvgIpc) is 2.25. The Morgan fingerprint density at radius 3 is 2.21 bits per heavy atom. The van der Waals surface area contributed by atoms with Crippen LogP contribution in [-0.2, 0) is 10.0 Å². The Morgan fingerprint density at radius 1 is 1.21 bits per heavy atom. The first kappa shape index (κ1) is 17.2. The molecule has 1 aromatic rings. The molecule has 0 amide bonds. The lowest BCUT2D eigenvalue weighted by Crippen LogP contribution is -2.34. The monoisotopic (exact) mass is 387 g/mol. The molecule has 7 heteroatoms. The van der Waals surface area contributed by atoms with Gasteiger partial charge in [0, 0.05) is 21.9 Å². The molecule has 0 saturated carbocycles. The van der Waals surface area contributed by atoms with Crippen LogP contribution in [0.15, 0.2) is 23.1 Å². The number of rotatable bonds is 6. The number of hydrogen-bond acceptors (Lipinski definition) is 2. The number of sulfonamides is 1. The number of alkyl halides is 1. The van der Waals surface area contributed by atoms with E-state index in [0.29, 0.717) is 16.6 Å². The van der Waals surface area contributed by atoms with Gasteiger partial charge in [-0.3, -0.25) is 0 Å². The van der Waals surface area contributed by atoms with Crippen molar-refractivity contribution in [1.29, 1.82) is 0 Å². The summed E-state index contributed by atoms with van der Waals surface area (Å²) in [6.07, 6.45) is 0.867. The molecule has 1 N–H and O–H groups in total. The minimum Gasteiger partial charge on any atom is -0.211 e. The fraction of sp³-hybridized carbons (Fsp3) is 0.500. The molecule has 0 radical (unpaired) electrons. The topological polar surface area (TPSA) is 46.2 Å². The van der Waals surface area contributed by atoms with E-state index in [0.717, 1.165) is 11.8 Å². The van der Waals surface area contributed by atoms with Crippen LogP contribution < -0.4 is 4.72 Å². The summed E-state index contributed by atoms with van der Waals surface area (Å²) in [6.45, 7) is 4.36. The zero-order valence-electron chi connectivity index (χ0n) is 10.7. The van der Waals surface area contributed by atoms with Crippen molar-refractivity contribution in [2.24, 2.45) is 5.41 Å². The number of halogens is 3. The van der Waals surface area contributed by atoms with E-state index in [1.807, 2.05) is 13.8 Å². The summed E-state index contributed by atoms with van der Waals surface area (Å²) >= 11 is 15.0. The van der Waals surface area contributed by atoms with Gasteiger partial charge >= 0.3 is 0 Å². The SMILES string of the molecule is CC(C)(CCBr)CNS(=O)(=O)c1cc(Cl)cc(Cl)c1. The second-order valence-electron chi connectivity index (χ2n) is 5.03. The summed E-state index contributed by atoms with van der Waals surface area (Å²) in [5, 5.41) is 1.42. The Kier molecular flexibility index (Phi) is 6.14. The summed E-state index contributed by atoms with van der Waals surface area (Å²) in [4.78, 5) is 0.0830. The molecule has 0 saturated heterocycles. The highest BCUT2D eigenvalue weighted by atomic mass is 79.9. The third-order valence-electron chi connectivity index (χ3n) is 2.66. The van der Waals surface area contributed by atoms with E-state index in [-0.39, 0.29) is 10.3 Å². The molecule has 1 rings (SSSR count). The minimum atomic E-state index is -3.59. The van der Waals surface area contributed by atoms with Gasteiger partial charge in [0.25, 0.3) is 0 Å². The fourth-order valence-corrected chi connectivity index (χ4v) is 4.44. The van der Waals surface area contributed by atoms with Crippen molar-refractivity contribution in [3.8, 4) is 0 Å². The standard InChI is InChI=1S/C12H16BrCl2NO2S/c1-12(2,3-4-13)8-16-19(17,18)11-6-9(14)5-10(15)7-11/h5-7,16H,3-4,8H2,1-2H3. The number of benzene rings is 1. The van der Waals surface area contributed by atoms with E-state index in [1.54, 1.807) is 0 Å². The first-order valence-electron chi connectivity index (χ1n) is 5.68. The van der Waals surface area contributed by atoms with Crippen LogP contribution in [0.4, 0.5) is 0 Å². The minimum absolute atomic E-state index is 0.0830. The highest BCUT2D eigenvalue weighted by Gasteiger charge is 2.22. The van der Waals surface area contributed by atoms with Gasteiger partial charge in [0.05, 0.1) is 4.90 Å². The van der Waals surface area contributed by atoms with Gasteiger partial charge in [-0.05, 0) is 30.0 Å². The molecule has 0 unspecified atom stereocenters. The third kappa shape index (κ3) is 5.60. The quantitative estimate of drug-likeness (QED) is 0.746. The second kappa shape index (κ2) is 6.76. The van der Waals surface area contributed by atoms with Crippen LogP contribution >= 0.6 is 39.1 Å². The highest BCUT2D eigenvalue weighted by molar-refractivity contribution is 9.09. The van der Waals surface area contributed by atoms with Crippen LogP contribution in [-0.4, -0.2) is 20.3 Å². The molecule has 1 aromatic carbocycles. The maximum atomic E-state index is 12.1. The Bertz CT molecular complexity index is 526. The van der Waals surface area contributed by atoms with Gasteiger partial charge in [-0.15, -0.1) is 0 Å². The number of nitrogens with one attached hydrogen (secondary N) is 1. The summed E-state index contributed by atoms with van der Waals surface area (Å²) in [5.41, 5.74) is -0.126. The molecule has 0 aliphatic carbocycles. The van der Waals surface area contributed by atoms with E-state index in [2.05, 4.69) is 20.7 Å². The molecule has 0 bridgehead atoms. The van der Waals surface area contributed by atoms with E-state index in [1.165, 1.54) is 18.2 Å². The van der Waals surface area contributed by atoms with Crippen molar-refractivity contribution in [3.05, 3.63) is 28.2 Å². The van der Waals surface area contributed by atoms with Crippen molar-refractivity contribution in [3.63, 3.8) is 0 Å². The average molecular weight is 389 g/mol. The summed E-state index contributed by atoms with van der Waals surface area (Å²) in [7, 11) is -3.59. The van der Waals surface area contributed by atoms with Crippen molar-refractivity contribution in [2.75, 3.05) is 11.9 Å². The van der Waals surface area contributed by atoms with Gasteiger partial charge in [-0.2, -0.15) is 0 Å². The summed E-state index contributed by atoms with van der Waals surface area (Å²) in [6, 6.07) is 4.26. The smallest absolute Gasteiger partial charge is 0.211 e. The van der Waals surface area contributed by atoms with E-state index < -0.39 is 10.0 Å². The van der Waals surface area contributed by atoms with Crippen LogP contribution in [0.3, 0.4) is 0 Å². The van der Waals surface area contributed by atoms with Crippen LogP contribution in [0, 0.1) is 5.41 Å². The van der Waals surface area contributed by atoms with E-state index in [9.17, 15) is 8.42 Å². The molecule has 0 aromatic heterocycles. The van der Waals surface area contributed by atoms with Gasteiger partial charge in [-0.1, -0.05) is 53.0 Å². The number of hydrogen-bond donors (Lipinski definition) is 1. The molecule has 0 heterocycles. The zero-order valence-corrected chi connectivity index (χ0v) is 14.6. The Hall–Kier alpha value is 0.190. The van der Waals surface area contributed by atoms with Gasteiger partial charge in [0.2, 0.25) is 10.0 Å². The maximum Gasteiger partial charge on any atom is 0.240 e. The Balaban J connectivity index is 2.87. The lowest BCUT2D eigenvalue weighted by atomic mass is 9.91.